The van der Waals surface area contributed by atoms with E-state index in [0.29, 0.717) is 16.0 Å². The van der Waals surface area contributed by atoms with Crippen LogP contribution in [-0.4, -0.2) is 33.3 Å². The van der Waals surface area contributed by atoms with Crippen LogP contribution >= 0.6 is 23.4 Å². The summed E-state index contributed by atoms with van der Waals surface area (Å²) in [7, 11) is 0. The third-order valence-electron chi connectivity index (χ3n) is 6.03. The summed E-state index contributed by atoms with van der Waals surface area (Å²) in [6.07, 6.45) is 5.77. The Labute approximate surface area is 185 Å². The van der Waals surface area contributed by atoms with Crippen molar-refractivity contribution in [3.8, 4) is 0 Å². The summed E-state index contributed by atoms with van der Waals surface area (Å²) < 4.78 is 8.94. The molecule has 0 unspecified atom stereocenters. The Morgan fingerprint density at radius 1 is 1.17 bits per heavy atom. The zero-order valence-electron chi connectivity index (χ0n) is 17.3. The van der Waals surface area contributed by atoms with E-state index < -0.39 is 6.02 Å². The van der Waals surface area contributed by atoms with Crippen molar-refractivity contribution >= 4 is 35.1 Å². The van der Waals surface area contributed by atoms with E-state index in [-0.39, 0.29) is 11.2 Å². The zero-order chi connectivity index (χ0) is 21.6. The van der Waals surface area contributed by atoms with Gasteiger partial charge in [-0.3, -0.25) is 0 Å². The SMILES string of the molecule is [2H][C@]1(N)c2ccccc2CC12CCN(c1ncc(Sc3ccnc(N)c3Cl)nn1)CC2. The molecule has 1 aliphatic heterocycles. The number of aromatic nitrogens is 4. The van der Waals surface area contributed by atoms with E-state index in [9.17, 15) is 0 Å². The van der Waals surface area contributed by atoms with Gasteiger partial charge in [0.2, 0.25) is 5.95 Å². The molecule has 1 aliphatic carbocycles. The molecule has 7 nitrogen and oxygen atoms in total. The third-order valence-corrected chi connectivity index (χ3v) is 7.50. The molecule has 30 heavy (non-hydrogen) atoms. The zero-order valence-corrected chi connectivity index (χ0v) is 17.8. The van der Waals surface area contributed by atoms with Gasteiger partial charge in [0.05, 0.1) is 12.6 Å². The summed E-state index contributed by atoms with van der Waals surface area (Å²) in [4.78, 5) is 11.3. The number of nitrogen functional groups attached to an aromatic ring is 1. The first-order valence-electron chi connectivity index (χ1n) is 10.3. The number of rotatable bonds is 3. The highest BCUT2D eigenvalue weighted by atomic mass is 35.5. The van der Waals surface area contributed by atoms with Gasteiger partial charge >= 0.3 is 0 Å². The predicted octanol–water partition coefficient (Wildman–Crippen LogP) is 3.50. The fourth-order valence-corrected chi connectivity index (χ4v) is 5.31. The number of benzene rings is 1. The molecule has 3 heterocycles. The van der Waals surface area contributed by atoms with E-state index in [0.717, 1.165) is 42.8 Å². The molecule has 0 bridgehead atoms. The number of hydrogen-bond acceptors (Lipinski definition) is 8. The molecule has 1 fully saturated rings. The quantitative estimate of drug-likeness (QED) is 0.637. The van der Waals surface area contributed by atoms with Crippen molar-refractivity contribution in [1.29, 1.82) is 0 Å². The van der Waals surface area contributed by atoms with Crippen molar-refractivity contribution in [1.82, 2.24) is 20.2 Å². The molecule has 2 aromatic heterocycles. The van der Waals surface area contributed by atoms with Crippen LogP contribution in [0.3, 0.4) is 0 Å². The fourth-order valence-electron chi connectivity index (χ4n) is 4.35. The van der Waals surface area contributed by atoms with Crippen LogP contribution in [0.15, 0.2) is 52.6 Å². The first kappa shape index (κ1) is 18.4. The van der Waals surface area contributed by atoms with Crippen LogP contribution in [-0.2, 0) is 6.42 Å². The third kappa shape index (κ3) is 3.38. The lowest BCUT2D eigenvalue weighted by atomic mass is 9.73. The molecule has 154 valence electrons. The van der Waals surface area contributed by atoms with Gasteiger partial charge in [0.1, 0.15) is 10.8 Å². The van der Waals surface area contributed by atoms with Crippen LogP contribution in [0.4, 0.5) is 11.8 Å². The number of nitrogens with zero attached hydrogens (tertiary/aromatic N) is 5. The topological polar surface area (TPSA) is 107 Å². The van der Waals surface area contributed by atoms with Crippen LogP contribution < -0.4 is 16.4 Å². The summed E-state index contributed by atoms with van der Waals surface area (Å²) in [5.41, 5.74) is 14.2. The Balaban J connectivity index is 1.28. The lowest BCUT2D eigenvalue weighted by Crippen LogP contribution is -2.45. The Morgan fingerprint density at radius 3 is 2.70 bits per heavy atom. The van der Waals surface area contributed by atoms with Gasteiger partial charge in [-0.2, -0.15) is 0 Å². The molecule has 1 aromatic carbocycles. The molecule has 3 aromatic rings. The van der Waals surface area contributed by atoms with Gasteiger partial charge in [-0.05, 0) is 41.9 Å². The van der Waals surface area contributed by atoms with E-state index in [2.05, 4.69) is 31.1 Å². The fraction of sp³-hybridized carbons (Fsp3) is 0.333. The van der Waals surface area contributed by atoms with Gasteiger partial charge in [0, 0.05) is 30.2 Å². The molecular weight excluding hydrogens is 418 g/mol. The summed E-state index contributed by atoms with van der Waals surface area (Å²) >= 11 is 7.55. The normalized spacial score (nSPS) is 22.7. The maximum Gasteiger partial charge on any atom is 0.245 e. The van der Waals surface area contributed by atoms with E-state index in [4.69, 9.17) is 24.4 Å². The molecule has 1 atom stereocenters. The largest absolute Gasteiger partial charge is 0.382 e. The smallest absolute Gasteiger partial charge is 0.245 e. The van der Waals surface area contributed by atoms with Crippen molar-refractivity contribution in [3.05, 3.63) is 58.9 Å². The molecule has 4 N–H and O–H groups in total. The van der Waals surface area contributed by atoms with Crippen molar-refractivity contribution in [3.63, 3.8) is 0 Å². The first-order valence-corrected chi connectivity index (χ1v) is 11.0. The molecule has 0 amide bonds. The van der Waals surface area contributed by atoms with Crippen LogP contribution in [0.25, 0.3) is 0 Å². The van der Waals surface area contributed by atoms with Gasteiger partial charge < -0.3 is 16.4 Å². The molecule has 0 saturated carbocycles. The maximum absolute atomic E-state index is 8.94. The average Bonchev–Trinajstić information content (AvgIpc) is 2.99. The van der Waals surface area contributed by atoms with Crippen LogP contribution in [0.1, 0.15) is 31.4 Å². The van der Waals surface area contributed by atoms with Gasteiger partial charge in [-0.25, -0.2) is 9.97 Å². The maximum atomic E-state index is 8.94. The molecule has 5 rings (SSSR count). The molecule has 2 aliphatic rings. The standard InChI is InChI=1S/C21H22ClN7S/c22-17-15(5-8-25-19(17)24)30-16-12-26-20(28-27-16)29-9-6-21(7-10-29)11-13-3-1-2-4-14(13)18(21)23/h1-5,8,12,18H,6-7,9-11,23H2,(H2,24,25)/t18-/m0/s1/i18D. The minimum atomic E-state index is -1.07. The van der Waals surface area contributed by atoms with Gasteiger partial charge in [-0.1, -0.05) is 47.6 Å². The molecular formula is C21H22ClN7S. The van der Waals surface area contributed by atoms with E-state index in [1.54, 1.807) is 18.5 Å². The Kier molecular flexibility index (Phi) is 4.70. The second-order valence-electron chi connectivity index (χ2n) is 7.72. The van der Waals surface area contributed by atoms with Gasteiger partial charge in [-0.15, -0.1) is 10.2 Å². The highest BCUT2D eigenvalue weighted by Gasteiger charge is 2.46. The predicted molar refractivity (Wildman–Crippen MR) is 119 cm³/mol. The van der Waals surface area contributed by atoms with Crippen molar-refractivity contribution in [2.45, 2.75) is 35.2 Å². The van der Waals surface area contributed by atoms with Crippen molar-refractivity contribution < 1.29 is 1.37 Å². The first-order chi connectivity index (χ1) is 14.9. The van der Waals surface area contributed by atoms with Crippen LogP contribution in [0, 0.1) is 5.41 Å². The highest BCUT2D eigenvalue weighted by Crippen LogP contribution is 2.50. The van der Waals surface area contributed by atoms with Gasteiger partial charge in [0.25, 0.3) is 0 Å². The second-order valence-corrected chi connectivity index (χ2v) is 9.16. The number of halogens is 1. The van der Waals surface area contributed by atoms with E-state index >= 15 is 0 Å². The number of piperidine rings is 1. The summed E-state index contributed by atoms with van der Waals surface area (Å²) in [5, 5.41) is 9.64. The summed E-state index contributed by atoms with van der Waals surface area (Å²) in [6.45, 7) is 1.49. The van der Waals surface area contributed by atoms with Crippen molar-refractivity contribution in [2.24, 2.45) is 11.1 Å². The van der Waals surface area contributed by atoms with E-state index in [1.165, 1.54) is 17.3 Å². The number of hydrogen-bond donors (Lipinski definition) is 2. The second kappa shape index (κ2) is 7.68. The molecule has 9 heteroatoms. The number of pyridine rings is 1. The molecule has 0 radical (unpaired) electrons. The number of fused-ring (bicyclic) bond motifs is 1. The van der Waals surface area contributed by atoms with Crippen molar-refractivity contribution in [2.75, 3.05) is 23.7 Å². The van der Waals surface area contributed by atoms with Crippen LogP contribution in [0.5, 0.6) is 0 Å². The lowest BCUT2D eigenvalue weighted by molar-refractivity contribution is 0.186. The molecule has 1 spiro atoms. The molecule has 1 saturated heterocycles. The average molecular weight is 441 g/mol. The highest BCUT2D eigenvalue weighted by molar-refractivity contribution is 7.99. The minimum absolute atomic E-state index is 0.256. The van der Waals surface area contributed by atoms with E-state index in [1.807, 2.05) is 18.2 Å². The lowest BCUT2D eigenvalue weighted by Gasteiger charge is -2.42. The Hall–Kier alpha value is -2.42. The number of anilines is 2. The summed E-state index contributed by atoms with van der Waals surface area (Å²) in [6, 6.07) is 8.79. The Bertz CT molecular complexity index is 1120. The Morgan fingerprint density at radius 2 is 1.97 bits per heavy atom. The summed E-state index contributed by atoms with van der Waals surface area (Å²) in [5.74, 6) is 0.869. The van der Waals surface area contributed by atoms with Gasteiger partial charge in [0.15, 0.2) is 0 Å². The van der Waals surface area contributed by atoms with Crippen LogP contribution in [0.2, 0.25) is 5.02 Å². The minimum Gasteiger partial charge on any atom is -0.382 e. The monoisotopic (exact) mass is 440 g/mol. The number of nitrogens with two attached hydrogens (primary N) is 2.